The Balaban J connectivity index is 2.00. The zero-order chi connectivity index (χ0) is 13.0. The van der Waals surface area contributed by atoms with E-state index in [1.165, 1.54) is 0 Å². The van der Waals surface area contributed by atoms with E-state index in [0.29, 0.717) is 5.15 Å². The van der Waals surface area contributed by atoms with Gasteiger partial charge in [-0.05, 0) is 13.5 Å². The highest BCUT2D eigenvalue weighted by molar-refractivity contribution is 6.29. The van der Waals surface area contributed by atoms with Crippen LogP contribution in [-0.4, -0.2) is 53.1 Å². The molecule has 18 heavy (non-hydrogen) atoms. The lowest BCUT2D eigenvalue weighted by Gasteiger charge is -2.32. The number of halogens is 1. The van der Waals surface area contributed by atoms with Crippen molar-refractivity contribution in [1.29, 1.82) is 0 Å². The summed E-state index contributed by atoms with van der Waals surface area (Å²) in [6, 6.07) is 1.78. The van der Waals surface area contributed by atoms with Crippen molar-refractivity contribution in [3.05, 3.63) is 17.0 Å². The molecule has 1 N–H and O–H groups in total. The summed E-state index contributed by atoms with van der Waals surface area (Å²) in [5.41, 5.74) is 3.31. The average molecular weight is 270 g/mol. The first-order valence-corrected chi connectivity index (χ1v) is 6.79. The number of hydrogen-bond donors (Lipinski definition) is 1. The van der Waals surface area contributed by atoms with Crippen LogP contribution in [0.4, 0.5) is 5.82 Å². The van der Waals surface area contributed by atoms with Crippen LogP contribution in [0.3, 0.4) is 0 Å². The fourth-order valence-electron chi connectivity index (χ4n) is 1.94. The van der Waals surface area contributed by atoms with E-state index in [-0.39, 0.29) is 0 Å². The second kappa shape index (κ2) is 6.31. The Morgan fingerprint density at radius 2 is 2.00 bits per heavy atom. The minimum Gasteiger partial charge on any atom is -0.304 e. The first kappa shape index (κ1) is 13.5. The fourth-order valence-corrected chi connectivity index (χ4v) is 2.14. The molecule has 0 aliphatic carbocycles. The topological polar surface area (TPSA) is 44.3 Å². The third-order valence-corrected chi connectivity index (χ3v) is 3.18. The second-order valence-electron chi connectivity index (χ2n) is 4.64. The summed E-state index contributed by atoms with van der Waals surface area (Å²) in [5.74, 6) is 1.60. The lowest BCUT2D eigenvalue weighted by atomic mass is 10.3. The van der Waals surface area contributed by atoms with Gasteiger partial charge in [-0.1, -0.05) is 18.5 Å². The summed E-state index contributed by atoms with van der Waals surface area (Å²) in [5, 5.41) is 2.68. The van der Waals surface area contributed by atoms with Crippen molar-refractivity contribution >= 4 is 17.4 Å². The van der Waals surface area contributed by atoms with Gasteiger partial charge in [-0.15, -0.1) is 0 Å². The molecule has 0 aromatic carbocycles. The van der Waals surface area contributed by atoms with Gasteiger partial charge in [0.05, 0.1) is 0 Å². The van der Waals surface area contributed by atoms with Crippen LogP contribution in [0.25, 0.3) is 0 Å². The van der Waals surface area contributed by atoms with E-state index in [0.717, 1.165) is 50.7 Å². The molecule has 0 radical (unpaired) electrons. The lowest BCUT2D eigenvalue weighted by molar-refractivity contribution is 0.178. The molecule has 0 saturated carbocycles. The Morgan fingerprint density at radius 1 is 1.28 bits per heavy atom. The number of hydrazine groups is 1. The molecular weight excluding hydrogens is 250 g/mol. The third kappa shape index (κ3) is 3.80. The molecule has 0 bridgehead atoms. The highest BCUT2D eigenvalue weighted by Crippen LogP contribution is 2.13. The molecule has 1 aliphatic rings. The van der Waals surface area contributed by atoms with Gasteiger partial charge in [0.25, 0.3) is 0 Å². The van der Waals surface area contributed by atoms with E-state index in [9.17, 15) is 0 Å². The van der Waals surface area contributed by atoms with Crippen molar-refractivity contribution in [2.45, 2.75) is 19.8 Å². The van der Waals surface area contributed by atoms with Gasteiger partial charge >= 0.3 is 0 Å². The van der Waals surface area contributed by atoms with Crippen LogP contribution < -0.4 is 5.43 Å². The van der Waals surface area contributed by atoms with Gasteiger partial charge in [-0.3, -0.25) is 0 Å². The van der Waals surface area contributed by atoms with E-state index in [1.54, 1.807) is 6.07 Å². The SMILES string of the molecule is CCCc1nc(Cl)cc(NN2CCN(C)CC2)n1. The number of aryl methyl sites for hydroxylation is 1. The van der Waals surface area contributed by atoms with E-state index in [1.807, 2.05) is 0 Å². The second-order valence-corrected chi connectivity index (χ2v) is 5.03. The molecule has 100 valence electrons. The summed E-state index contributed by atoms with van der Waals surface area (Å²) < 4.78 is 0. The summed E-state index contributed by atoms with van der Waals surface area (Å²) >= 11 is 6.01. The minimum absolute atomic E-state index is 0.505. The van der Waals surface area contributed by atoms with Crippen molar-refractivity contribution in [3.8, 4) is 0 Å². The maximum absolute atomic E-state index is 6.01. The number of anilines is 1. The average Bonchev–Trinajstić information content (AvgIpc) is 2.32. The largest absolute Gasteiger partial charge is 0.304 e. The van der Waals surface area contributed by atoms with Gasteiger partial charge in [-0.2, -0.15) is 0 Å². The molecule has 1 fully saturated rings. The van der Waals surface area contributed by atoms with Crippen LogP contribution in [0.5, 0.6) is 0 Å². The highest BCUT2D eigenvalue weighted by atomic mass is 35.5. The summed E-state index contributed by atoms with van der Waals surface area (Å²) in [6.45, 7) is 6.21. The van der Waals surface area contributed by atoms with Crippen molar-refractivity contribution < 1.29 is 0 Å². The number of likely N-dealkylation sites (N-methyl/N-ethyl adjacent to an activating group) is 1. The Hall–Kier alpha value is -0.910. The minimum atomic E-state index is 0.505. The quantitative estimate of drug-likeness (QED) is 0.843. The number of nitrogens with zero attached hydrogens (tertiary/aromatic N) is 4. The molecule has 1 saturated heterocycles. The van der Waals surface area contributed by atoms with Crippen LogP contribution in [0.2, 0.25) is 5.15 Å². The lowest BCUT2D eigenvalue weighted by Crippen LogP contribution is -2.47. The van der Waals surface area contributed by atoms with Crippen LogP contribution in [0, 0.1) is 0 Å². The molecule has 0 atom stereocenters. The van der Waals surface area contributed by atoms with Gasteiger partial charge in [-0.25, -0.2) is 15.0 Å². The maximum atomic E-state index is 6.01. The fraction of sp³-hybridized carbons (Fsp3) is 0.667. The van der Waals surface area contributed by atoms with E-state index < -0.39 is 0 Å². The van der Waals surface area contributed by atoms with Gasteiger partial charge in [0.15, 0.2) is 0 Å². The maximum Gasteiger partial charge on any atom is 0.145 e. The zero-order valence-corrected chi connectivity index (χ0v) is 11.7. The number of aromatic nitrogens is 2. The smallest absolute Gasteiger partial charge is 0.145 e. The standard InChI is InChI=1S/C12H20ClN5/c1-3-4-11-14-10(13)9-12(15-11)16-18-7-5-17(2)6-8-18/h9H,3-8H2,1-2H3,(H,14,15,16). The molecule has 0 amide bonds. The molecule has 6 heteroatoms. The van der Waals surface area contributed by atoms with Crippen LogP contribution in [-0.2, 0) is 6.42 Å². The Bertz CT molecular complexity index is 390. The number of rotatable bonds is 4. The summed E-state index contributed by atoms with van der Waals surface area (Å²) in [7, 11) is 2.14. The highest BCUT2D eigenvalue weighted by Gasteiger charge is 2.14. The molecule has 1 aromatic heterocycles. The van der Waals surface area contributed by atoms with Crippen LogP contribution in [0.15, 0.2) is 6.07 Å². The molecular formula is C12H20ClN5. The molecule has 2 rings (SSSR count). The Labute approximate surface area is 113 Å². The van der Waals surface area contributed by atoms with Gasteiger partial charge in [0, 0.05) is 38.7 Å². The van der Waals surface area contributed by atoms with Gasteiger partial charge < -0.3 is 10.3 Å². The van der Waals surface area contributed by atoms with E-state index in [4.69, 9.17) is 11.6 Å². The van der Waals surface area contributed by atoms with Crippen molar-refractivity contribution in [3.63, 3.8) is 0 Å². The predicted octanol–water partition coefficient (Wildman–Crippen LogP) is 1.66. The molecule has 2 heterocycles. The van der Waals surface area contributed by atoms with Crippen LogP contribution >= 0.6 is 11.6 Å². The normalized spacial score (nSPS) is 17.9. The first-order chi connectivity index (χ1) is 8.67. The third-order valence-electron chi connectivity index (χ3n) is 2.99. The molecule has 0 spiro atoms. The Morgan fingerprint density at radius 3 is 2.67 bits per heavy atom. The van der Waals surface area contributed by atoms with E-state index in [2.05, 4.69) is 39.3 Å². The monoisotopic (exact) mass is 269 g/mol. The first-order valence-electron chi connectivity index (χ1n) is 6.41. The number of hydrogen-bond acceptors (Lipinski definition) is 5. The number of piperazine rings is 1. The van der Waals surface area contributed by atoms with Gasteiger partial charge in [0.1, 0.15) is 16.8 Å². The predicted molar refractivity (Wildman–Crippen MR) is 73.7 cm³/mol. The van der Waals surface area contributed by atoms with Crippen molar-refractivity contribution in [2.75, 3.05) is 38.7 Å². The summed E-state index contributed by atoms with van der Waals surface area (Å²) in [4.78, 5) is 11.0. The van der Waals surface area contributed by atoms with Crippen molar-refractivity contribution in [1.82, 2.24) is 19.9 Å². The van der Waals surface area contributed by atoms with Crippen LogP contribution in [0.1, 0.15) is 19.2 Å². The molecule has 5 nitrogen and oxygen atoms in total. The molecule has 0 unspecified atom stereocenters. The number of nitrogens with one attached hydrogen (secondary N) is 1. The summed E-state index contributed by atoms with van der Waals surface area (Å²) in [6.07, 6.45) is 1.88. The van der Waals surface area contributed by atoms with Crippen molar-refractivity contribution in [2.24, 2.45) is 0 Å². The zero-order valence-electron chi connectivity index (χ0n) is 11.0. The molecule has 1 aromatic rings. The molecule has 1 aliphatic heterocycles. The Kier molecular flexibility index (Phi) is 4.74. The van der Waals surface area contributed by atoms with Gasteiger partial charge in [0.2, 0.25) is 0 Å². The van der Waals surface area contributed by atoms with E-state index >= 15 is 0 Å².